The molecule has 9 nitrogen and oxygen atoms in total. The molecule has 0 aliphatic carbocycles. The molecule has 1 N–H and O–H groups in total. The monoisotopic (exact) mass is 474 g/mol. The smallest absolute Gasteiger partial charge is 0.246 e. The van der Waals surface area contributed by atoms with Gasteiger partial charge in [-0.3, -0.25) is 4.79 Å². The number of carbonyl (C=O) groups excluding carboxylic acids is 1. The van der Waals surface area contributed by atoms with Crippen LogP contribution in [0, 0.1) is 13.8 Å². The average Bonchev–Trinajstić information content (AvgIpc) is 2.86. The second kappa shape index (κ2) is 10.9. The number of carbonyl (C=O) groups is 1. The molecule has 1 aliphatic heterocycles. The SMILES string of the molecule is COc1ccc(/C=C/C(=O)N2CCN(c3cc(Nc4cc(C)ccn4)nc(C)n3)CC2)cc1OC. The zero-order chi connectivity index (χ0) is 24.8. The van der Waals surface area contributed by atoms with Gasteiger partial charge in [0, 0.05) is 44.5 Å². The van der Waals surface area contributed by atoms with Crippen LogP contribution in [0.3, 0.4) is 0 Å². The van der Waals surface area contributed by atoms with Gasteiger partial charge in [0.25, 0.3) is 0 Å². The number of aromatic nitrogens is 3. The normalized spacial score (nSPS) is 13.7. The highest BCUT2D eigenvalue weighted by Gasteiger charge is 2.21. The summed E-state index contributed by atoms with van der Waals surface area (Å²) in [6.45, 7) is 6.49. The number of rotatable bonds is 7. The van der Waals surface area contributed by atoms with Crippen LogP contribution in [-0.2, 0) is 4.79 Å². The van der Waals surface area contributed by atoms with E-state index >= 15 is 0 Å². The summed E-state index contributed by atoms with van der Waals surface area (Å²) < 4.78 is 10.6. The van der Waals surface area contributed by atoms with Gasteiger partial charge in [0.2, 0.25) is 5.91 Å². The molecule has 1 amide bonds. The van der Waals surface area contributed by atoms with Gasteiger partial charge >= 0.3 is 0 Å². The molecule has 0 spiro atoms. The Labute approximate surface area is 205 Å². The van der Waals surface area contributed by atoms with Gasteiger partial charge in [0.15, 0.2) is 11.5 Å². The molecule has 4 rings (SSSR count). The summed E-state index contributed by atoms with van der Waals surface area (Å²) in [7, 11) is 3.19. The average molecular weight is 475 g/mol. The molecule has 1 aromatic carbocycles. The zero-order valence-electron chi connectivity index (χ0n) is 20.5. The van der Waals surface area contributed by atoms with Crippen LogP contribution in [0.15, 0.2) is 48.7 Å². The topological polar surface area (TPSA) is 92.7 Å². The van der Waals surface area contributed by atoms with Crippen LogP contribution in [0.25, 0.3) is 6.08 Å². The van der Waals surface area contributed by atoms with Crippen molar-refractivity contribution in [2.75, 3.05) is 50.6 Å². The van der Waals surface area contributed by atoms with Crippen LogP contribution < -0.4 is 19.7 Å². The third-order valence-corrected chi connectivity index (χ3v) is 5.74. The van der Waals surface area contributed by atoms with Gasteiger partial charge in [-0.1, -0.05) is 6.07 Å². The lowest BCUT2D eigenvalue weighted by atomic mass is 10.2. The van der Waals surface area contributed by atoms with Crippen molar-refractivity contribution >= 4 is 29.4 Å². The van der Waals surface area contributed by atoms with E-state index in [9.17, 15) is 4.79 Å². The molecule has 0 radical (unpaired) electrons. The minimum absolute atomic E-state index is 0.0221. The number of nitrogens with zero attached hydrogens (tertiary/aromatic N) is 5. The van der Waals surface area contributed by atoms with Crippen LogP contribution in [0.4, 0.5) is 17.5 Å². The maximum Gasteiger partial charge on any atom is 0.246 e. The van der Waals surface area contributed by atoms with Crippen LogP contribution in [0.5, 0.6) is 11.5 Å². The first kappa shape index (κ1) is 24.0. The van der Waals surface area contributed by atoms with Gasteiger partial charge in [-0.2, -0.15) is 0 Å². The number of aryl methyl sites for hydroxylation is 2. The fraction of sp³-hybridized carbons (Fsp3) is 0.308. The van der Waals surface area contributed by atoms with E-state index in [1.54, 1.807) is 32.6 Å². The van der Waals surface area contributed by atoms with Crippen molar-refractivity contribution in [3.63, 3.8) is 0 Å². The first-order valence-electron chi connectivity index (χ1n) is 11.4. The van der Waals surface area contributed by atoms with Gasteiger partial charge in [-0.15, -0.1) is 0 Å². The Morgan fingerprint density at radius 3 is 2.43 bits per heavy atom. The first-order chi connectivity index (χ1) is 16.9. The van der Waals surface area contributed by atoms with Crippen molar-refractivity contribution in [2.45, 2.75) is 13.8 Å². The van der Waals surface area contributed by atoms with Crippen LogP contribution in [0.1, 0.15) is 17.0 Å². The predicted octanol–water partition coefficient (Wildman–Crippen LogP) is 3.61. The van der Waals surface area contributed by atoms with Crippen molar-refractivity contribution < 1.29 is 14.3 Å². The lowest BCUT2D eigenvalue weighted by Gasteiger charge is -2.35. The summed E-state index contributed by atoms with van der Waals surface area (Å²) >= 11 is 0. The Hall–Kier alpha value is -4.14. The number of anilines is 3. The molecule has 0 saturated carbocycles. The van der Waals surface area contributed by atoms with Gasteiger partial charge in [0.1, 0.15) is 23.3 Å². The molecule has 1 fully saturated rings. The van der Waals surface area contributed by atoms with Gasteiger partial charge < -0.3 is 24.6 Å². The summed E-state index contributed by atoms with van der Waals surface area (Å²) in [6.07, 6.45) is 5.16. The third kappa shape index (κ3) is 6.06. The predicted molar refractivity (Wildman–Crippen MR) is 136 cm³/mol. The second-order valence-corrected chi connectivity index (χ2v) is 8.26. The molecule has 1 saturated heterocycles. The van der Waals surface area contributed by atoms with Crippen molar-refractivity contribution in [2.24, 2.45) is 0 Å². The summed E-state index contributed by atoms with van der Waals surface area (Å²) in [6, 6.07) is 11.4. The number of amides is 1. The number of hydrogen-bond acceptors (Lipinski definition) is 8. The molecule has 182 valence electrons. The van der Waals surface area contributed by atoms with Gasteiger partial charge in [-0.05, 0) is 55.3 Å². The summed E-state index contributed by atoms with van der Waals surface area (Å²) in [4.78, 5) is 30.2. The minimum Gasteiger partial charge on any atom is -0.493 e. The summed E-state index contributed by atoms with van der Waals surface area (Å²) in [5.41, 5.74) is 1.99. The Bertz CT molecular complexity index is 1220. The van der Waals surface area contributed by atoms with E-state index < -0.39 is 0 Å². The fourth-order valence-electron chi connectivity index (χ4n) is 3.90. The molecule has 1 aliphatic rings. The Morgan fingerprint density at radius 1 is 0.943 bits per heavy atom. The second-order valence-electron chi connectivity index (χ2n) is 8.26. The molecule has 35 heavy (non-hydrogen) atoms. The van der Waals surface area contributed by atoms with Gasteiger partial charge in [-0.25, -0.2) is 15.0 Å². The maximum absolute atomic E-state index is 12.8. The number of pyridine rings is 1. The lowest BCUT2D eigenvalue weighted by Crippen LogP contribution is -2.48. The third-order valence-electron chi connectivity index (χ3n) is 5.74. The molecule has 9 heteroatoms. The molecule has 2 aromatic heterocycles. The lowest BCUT2D eigenvalue weighted by molar-refractivity contribution is -0.126. The van der Waals surface area contributed by atoms with Crippen LogP contribution >= 0.6 is 0 Å². The quantitative estimate of drug-likeness (QED) is 0.519. The number of methoxy groups -OCH3 is 2. The van der Waals surface area contributed by atoms with Crippen molar-refractivity contribution in [1.29, 1.82) is 0 Å². The minimum atomic E-state index is -0.0221. The maximum atomic E-state index is 12.8. The van der Waals surface area contributed by atoms with Crippen LogP contribution in [0.2, 0.25) is 0 Å². The van der Waals surface area contributed by atoms with E-state index in [1.807, 2.05) is 55.1 Å². The number of benzene rings is 1. The van der Waals surface area contributed by atoms with E-state index in [0.29, 0.717) is 49.3 Å². The molecule has 0 bridgehead atoms. The highest BCUT2D eigenvalue weighted by molar-refractivity contribution is 5.92. The largest absolute Gasteiger partial charge is 0.493 e. The van der Waals surface area contributed by atoms with Crippen molar-refractivity contribution in [1.82, 2.24) is 19.9 Å². The van der Waals surface area contributed by atoms with E-state index in [0.717, 1.165) is 22.8 Å². The highest BCUT2D eigenvalue weighted by Crippen LogP contribution is 2.28. The first-order valence-corrected chi connectivity index (χ1v) is 11.4. The van der Waals surface area contributed by atoms with Gasteiger partial charge in [0.05, 0.1) is 14.2 Å². The summed E-state index contributed by atoms with van der Waals surface area (Å²) in [5.74, 6) is 4.21. The standard InChI is InChI=1S/C26H30N6O3/c1-18-9-10-27-23(15-18)30-24-17-25(29-19(2)28-24)31-11-13-32(14-12-31)26(33)8-6-20-5-7-21(34-3)22(16-20)35-4/h5-10,15-17H,11-14H2,1-4H3,(H,27,28,29,30)/b8-6+. The van der Waals surface area contributed by atoms with Crippen molar-refractivity contribution in [3.05, 3.63) is 65.6 Å². The molecule has 3 aromatic rings. The molecule has 3 heterocycles. The Kier molecular flexibility index (Phi) is 7.45. The summed E-state index contributed by atoms with van der Waals surface area (Å²) in [5, 5.41) is 3.26. The van der Waals surface area contributed by atoms with Crippen LogP contribution in [-0.4, -0.2) is 66.2 Å². The fourth-order valence-corrected chi connectivity index (χ4v) is 3.90. The van der Waals surface area contributed by atoms with Crippen molar-refractivity contribution in [3.8, 4) is 11.5 Å². The Balaban J connectivity index is 1.37. The van der Waals surface area contributed by atoms with E-state index in [1.165, 1.54) is 0 Å². The molecular weight excluding hydrogens is 444 g/mol. The van der Waals surface area contributed by atoms with E-state index in [2.05, 4.69) is 25.2 Å². The highest BCUT2D eigenvalue weighted by atomic mass is 16.5. The zero-order valence-corrected chi connectivity index (χ0v) is 20.5. The molecular formula is C26H30N6O3. The number of nitrogens with one attached hydrogen (secondary N) is 1. The Morgan fingerprint density at radius 2 is 1.71 bits per heavy atom. The van der Waals surface area contributed by atoms with E-state index in [-0.39, 0.29) is 5.91 Å². The number of piperazine rings is 1. The molecule has 0 atom stereocenters. The number of ether oxygens (including phenoxy) is 2. The number of hydrogen-bond donors (Lipinski definition) is 1. The van der Waals surface area contributed by atoms with E-state index in [4.69, 9.17) is 9.47 Å². The molecule has 0 unspecified atom stereocenters.